The monoisotopic (exact) mass is 498 g/mol. The minimum Gasteiger partial charge on any atom is -0.497 e. The number of anilines is 2. The number of carbonyl (C=O) groups is 2. The van der Waals surface area contributed by atoms with E-state index >= 15 is 0 Å². The van der Waals surface area contributed by atoms with Crippen molar-refractivity contribution in [1.29, 1.82) is 0 Å². The molecule has 0 bridgehead atoms. The summed E-state index contributed by atoms with van der Waals surface area (Å²) in [6.07, 6.45) is 1.41. The Bertz CT molecular complexity index is 1210. The second kappa shape index (κ2) is 11.5. The van der Waals surface area contributed by atoms with Crippen LogP contribution < -0.4 is 19.9 Å². The van der Waals surface area contributed by atoms with Crippen molar-refractivity contribution in [3.05, 3.63) is 90.0 Å². The summed E-state index contributed by atoms with van der Waals surface area (Å²) in [5.41, 5.74) is 3.67. The van der Waals surface area contributed by atoms with Gasteiger partial charge < -0.3 is 15.0 Å². The molecule has 0 spiro atoms. The molecule has 3 aromatic carbocycles. The molecule has 5 rings (SSSR count). The van der Waals surface area contributed by atoms with E-state index in [0.717, 1.165) is 56.1 Å². The van der Waals surface area contributed by atoms with E-state index in [1.54, 1.807) is 24.1 Å². The first-order chi connectivity index (χ1) is 18.1. The van der Waals surface area contributed by atoms with Crippen molar-refractivity contribution in [2.75, 3.05) is 56.2 Å². The Morgan fingerprint density at radius 3 is 2.32 bits per heavy atom. The van der Waals surface area contributed by atoms with Gasteiger partial charge in [0.25, 0.3) is 5.91 Å². The third kappa shape index (κ3) is 5.62. The van der Waals surface area contributed by atoms with Gasteiger partial charge in [-0.25, -0.2) is 0 Å². The minimum atomic E-state index is -0.529. The van der Waals surface area contributed by atoms with Crippen LogP contribution in [0.1, 0.15) is 22.3 Å². The van der Waals surface area contributed by atoms with Gasteiger partial charge in [0.05, 0.1) is 7.11 Å². The molecule has 7 heteroatoms. The first kappa shape index (κ1) is 24.8. The number of benzene rings is 3. The summed E-state index contributed by atoms with van der Waals surface area (Å²) >= 11 is 0. The molecule has 1 unspecified atom stereocenters. The van der Waals surface area contributed by atoms with Crippen LogP contribution in [-0.2, 0) is 11.2 Å². The lowest BCUT2D eigenvalue weighted by molar-refractivity contribution is -0.122. The van der Waals surface area contributed by atoms with Crippen molar-refractivity contribution in [3.8, 4) is 5.75 Å². The van der Waals surface area contributed by atoms with E-state index in [1.165, 1.54) is 5.69 Å². The van der Waals surface area contributed by atoms with E-state index in [1.807, 2.05) is 54.6 Å². The number of carbonyl (C=O) groups excluding carboxylic acids is 2. The molecule has 0 saturated carbocycles. The first-order valence-electron chi connectivity index (χ1n) is 13.0. The lowest BCUT2D eigenvalue weighted by Gasteiger charge is -2.36. The van der Waals surface area contributed by atoms with E-state index < -0.39 is 6.04 Å². The fourth-order valence-electron chi connectivity index (χ4n) is 5.22. The van der Waals surface area contributed by atoms with E-state index in [0.29, 0.717) is 18.5 Å². The van der Waals surface area contributed by atoms with Crippen molar-refractivity contribution in [1.82, 2.24) is 10.2 Å². The van der Waals surface area contributed by atoms with Gasteiger partial charge in [-0.2, -0.15) is 0 Å². The van der Waals surface area contributed by atoms with Crippen LogP contribution in [0, 0.1) is 0 Å². The second-order valence-electron chi connectivity index (χ2n) is 9.56. The molecular formula is C30H34N4O3. The summed E-state index contributed by atoms with van der Waals surface area (Å²) < 4.78 is 5.26. The van der Waals surface area contributed by atoms with Gasteiger partial charge >= 0.3 is 0 Å². The highest BCUT2D eigenvalue weighted by Crippen LogP contribution is 2.33. The van der Waals surface area contributed by atoms with Gasteiger partial charge in [-0.15, -0.1) is 0 Å². The fraction of sp³-hybridized carbons (Fsp3) is 0.333. The van der Waals surface area contributed by atoms with Gasteiger partial charge in [-0.3, -0.25) is 19.4 Å². The Balaban J connectivity index is 1.11. The summed E-state index contributed by atoms with van der Waals surface area (Å²) in [5.74, 6) is 0.642. The topological polar surface area (TPSA) is 65.1 Å². The van der Waals surface area contributed by atoms with Crippen LogP contribution in [0.5, 0.6) is 5.75 Å². The molecule has 3 aromatic rings. The Morgan fingerprint density at radius 1 is 0.892 bits per heavy atom. The highest BCUT2D eigenvalue weighted by Gasteiger charge is 2.38. The van der Waals surface area contributed by atoms with Crippen molar-refractivity contribution in [3.63, 3.8) is 0 Å². The molecule has 0 aliphatic carbocycles. The third-order valence-corrected chi connectivity index (χ3v) is 7.28. The zero-order valence-electron chi connectivity index (χ0n) is 21.3. The van der Waals surface area contributed by atoms with Crippen LogP contribution in [0.25, 0.3) is 0 Å². The maximum atomic E-state index is 13.4. The van der Waals surface area contributed by atoms with Crippen LogP contribution >= 0.6 is 0 Å². The maximum Gasteiger partial charge on any atom is 0.259 e. The molecule has 1 N–H and O–H groups in total. The lowest BCUT2D eigenvalue weighted by atomic mass is 10.1. The number of nitrogens with one attached hydrogen (secondary N) is 1. The van der Waals surface area contributed by atoms with Gasteiger partial charge in [0.2, 0.25) is 5.91 Å². The van der Waals surface area contributed by atoms with Gasteiger partial charge in [-0.1, -0.05) is 36.4 Å². The molecule has 2 amide bonds. The van der Waals surface area contributed by atoms with Crippen molar-refractivity contribution >= 4 is 23.2 Å². The first-order valence-corrected chi connectivity index (χ1v) is 13.0. The number of ether oxygens (including phenoxy) is 1. The molecule has 192 valence electrons. The van der Waals surface area contributed by atoms with Crippen molar-refractivity contribution in [2.45, 2.75) is 18.9 Å². The highest BCUT2D eigenvalue weighted by atomic mass is 16.5. The zero-order chi connectivity index (χ0) is 25.6. The van der Waals surface area contributed by atoms with E-state index in [2.05, 4.69) is 27.2 Å². The summed E-state index contributed by atoms with van der Waals surface area (Å²) in [6.45, 7) is 5.49. The predicted octanol–water partition coefficient (Wildman–Crippen LogP) is 3.60. The summed E-state index contributed by atoms with van der Waals surface area (Å²) in [6, 6.07) is 24.7. The van der Waals surface area contributed by atoms with Crippen molar-refractivity contribution in [2.24, 2.45) is 0 Å². The smallest absolute Gasteiger partial charge is 0.259 e. The standard InChI is InChI=1S/C30H34N4O3/c1-37-26-14-12-25(13-15-26)33-20-18-32(19-21-33)17-7-16-31-29(35)28-22-24-10-5-6-11-27(24)34(28)30(36)23-8-3-2-4-9-23/h2-6,8-15,28H,7,16-22H2,1H3,(H,31,35). The predicted molar refractivity (Wildman–Crippen MR) is 146 cm³/mol. The Hall–Kier alpha value is -3.84. The second-order valence-corrected chi connectivity index (χ2v) is 9.56. The number of piperazine rings is 1. The number of para-hydroxylation sites is 1. The average Bonchev–Trinajstić information content (AvgIpc) is 3.35. The molecule has 2 aliphatic rings. The number of hydrogen-bond donors (Lipinski definition) is 1. The third-order valence-electron chi connectivity index (χ3n) is 7.28. The van der Waals surface area contributed by atoms with E-state index in [-0.39, 0.29) is 11.8 Å². The van der Waals surface area contributed by atoms with Gasteiger partial charge in [-0.05, 0) is 61.0 Å². The van der Waals surface area contributed by atoms with Crippen LogP contribution in [0.15, 0.2) is 78.9 Å². The van der Waals surface area contributed by atoms with Crippen molar-refractivity contribution < 1.29 is 14.3 Å². The van der Waals surface area contributed by atoms with E-state index in [4.69, 9.17) is 4.74 Å². The highest BCUT2D eigenvalue weighted by molar-refractivity contribution is 6.11. The van der Waals surface area contributed by atoms with Crippen LogP contribution in [0.2, 0.25) is 0 Å². The Labute approximate surface area is 218 Å². The molecule has 1 fully saturated rings. The van der Waals surface area contributed by atoms with E-state index in [9.17, 15) is 9.59 Å². The molecular weight excluding hydrogens is 464 g/mol. The van der Waals surface area contributed by atoms with Gasteiger partial charge in [0.1, 0.15) is 11.8 Å². The number of nitrogens with zero attached hydrogens (tertiary/aromatic N) is 3. The molecule has 0 aromatic heterocycles. The summed E-state index contributed by atoms with van der Waals surface area (Å²) in [4.78, 5) is 33.1. The number of hydrogen-bond acceptors (Lipinski definition) is 5. The quantitative estimate of drug-likeness (QED) is 0.481. The SMILES string of the molecule is COc1ccc(N2CCN(CCCNC(=O)C3Cc4ccccc4N3C(=O)c3ccccc3)CC2)cc1. The summed E-state index contributed by atoms with van der Waals surface area (Å²) in [7, 11) is 1.68. The Morgan fingerprint density at radius 2 is 1.59 bits per heavy atom. The average molecular weight is 499 g/mol. The molecule has 2 heterocycles. The minimum absolute atomic E-state index is 0.0928. The number of amides is 2. The van der Waals surface area contributed by atoms with Gasteiger partial charge in [0, 0.05) is 56.1 Å². The Kier molecular flexibility index (Phi) is 7.70. The molecule has 0 radical (unpaired) electrons. The lowest BCUT2D eigenvalue weighted by Crippen LogP contribution is -2.49. The number of fused-ring (bicyclic) bond motifs is 1. The number of rotatable bonds is 8. The van der Waals surface area contributed by atoms with Crippen LogP contribution in [0.3, 0.4) is 0 Å². The molecule has 7 nitrogen and oxygen atoms in total. The molecule has 2 aliphatic heterocycles. The van der Waals surface area contributed by atoms with Crippen LogP contribution in [-0.4, -0.2) is 69.1 Å². The molecule has 1 atom stereocenters. The largest absolute Gasteiger partial charge is 0.497 e. The molecule has 1 saturated heterocycles. The number of methoxy groups -OCH3 is 1. The fourth-order valence-corrected chi connectivity index (χ4v) is 5.22. The van der Waals surface area contributed by atoms with Gasteiger partial charge in [0.15, 0.2) is 0 Å². The normalized spacial score (nSPS) is 17.4. The molecule has 37 heavy (non-hydrogen) atoms. The van der Waals surface area contributed by atoms with Crippen LogP contribution in [0.4, 0.5) is 11.4 Å². The maximum absolute atomic E-state index is 13.4. The summed E-state index contributed by atoms with van der Waals surface area (Å²) in [5, 5.41) is 3.10. The zero-order valence-corrected chi connectivity index (χ0v) is 21.3.